The molecule has 0 fully saturated rings. The largest absolute Gasteiger partial charge is 0.292 e. The number of hydrazine groups is 1. The number of hydrogen-bond donors (Lipinski definition) is 0. The number of hydrogen-bond acceptors (Lipinski definition) is 6. The second-order valence-corrected chi connectivity index (χ2v) is 7.50. The number of amides is 3. The molecule has 33 heavy (non-hydrogen) atoms. The summed E-state index contributed by atoms with van der Waals surface area (Å²) in [5, 5.41) is 12.7. The fourth-order valence-electron chi connectivity index (χ4n) is 3.37. The number of rotatable bonds is 6. The van der Waals surface area contributed by atoms with Gasteiger partial charge in [-0.1, -0.05) is 23.7 Å². The summed E-state index contributed by atoms with van der Waals surface area (Å²) in [5.74, 6) is -2.87. The summed E-state index contributed by atoms with van der Waals surface area (Å²) in [5.41, 5.74) is 0.193. The van der Waals surface area contributed by atoms with Crippen LogP contribution in [0.2, 0.25) is 5.02 Å². The van der Waals surface area contributed by atoms with E-state index in [2.05, 4.69) is 0 Å². The highest BCUT2D eigenvalue weighted by Gasteiger charge is 2.42. The molecule has 0 bridgehead atoms. The van der Waals surface area contributed by atoms with Crippen molar-refractivity contribution in [3.63, 3.8) is 0 Å². The summed E-state index contributed by atoms with van der Waals surface area (Å²) in [6, 6.07) is 16.6. The van der Waals surface area contributed by atoms with Gasteiger partial charge in [0.25, 0.3) is 23.4 Å². The summed E-state index contributed by atoms with van der Waals surface area (Å²) in [6.45, 7) is -0.648. The first-order chi connectivity index (χ1) is 15.8. The van der Waals surface area contributed by atoms with Gasteiger partial charge in [-0.3, -0.25) is 29.3 Å². The number of imide groups is 1. The lowest BCUT2D eigenvalue weighted by molar-refractivity contribution is -0.384. The first-order valence-corrected chi connectivity index (χ1v) is 9.98. The summed E-state index contributed by atoms with van der Waals surface area (Å²) < 4.78 is 0. The van der Waals surface area contributed by atoms with Crippen molar-refractivity contribution in [1.82, 2.24) is 10.0 Å². The number of nitro groups is 1. The molecule has 0 N–H and O–H groups in total. The third-order valence-electron chi connectivity index (χ3n) is 5.03. The van der Waals surface area contributed by atoms with Crippen LogP contribution in [0.1, 0.15) is 41.4 Å². The highest BCUT2D eigenvalue weighted by molar-refractivity contribution is 6.30. The average molecular weight is 464 g/mol. The molecule has 0 atom stereocenters. The zero-order chi connectivity index (χ0) is 23.7. The van der Waals surface area contributed by atoms with Crippen LogP contribution >= 0.6 is 11.6 Å². The molecule has 1 aliphatic heterocycles. The molecule has 9 nitrogen and oxygen atoms in total. The number of carbonyl (C=O) groups excluding carboxylic acids is 4. The lowest BCUT2D eigenvalue weighted by Gasteiger charge is -2.29. The molecule has 0 aliphatic carbocycles. The SMILES string of the molecule is O=C(CN(C(=O)c1ccc(Cl)cc1)N1C(=O)c2ccccc2C1=O)c1ccc([N+](=O)[O-])cc1. The number of Topliss-reactive ketones (excluding diaryl/α,β-unsaturated/α-hetero) is 1. The number of carbonyl (C=O) groups is 4. The Kier molecular flexibility index (Phi) is 5.72. The molecule has 3 aromatic carbocycles. The average Bonchev–Trinajstić information content (AvgIpc) is 3.07. The van der Waals surface area contributed by atoms with Crippen molar-refractivity contribution in [2.45, 2.75) is 0 Å². The van der Waals surface area contributed by atoms with Crippen LogP contribution in [0.4, 0.5) is 5.69 Å². The van der Waals surface area contributed by atoms with Gasteiger partial charge in [0.15, 0.2) is 5.78 Å². The van der Waals surface area contributed by atoms with E-state index in [1.165, 1.54) is 48.5 Å². The van der Waals surface area contributed by atoms with E-state index in [0.717, 1.165) is 17.1 Å². The predicted octanol–water partition coefficient (Wildman–Crippen LogP) is 3.78. The second kappa shape index (κ2) is 8.64. The Bertz CT molecular complexity index is 1270. The molecule has 10 heteroatoms. The van der Waals surface area contributed by atoms with Crippen molar-refractivity contribution in [1.29, 1.82) is 0 Å². The van der Waals surface area contributed by atoms with Crippen LogP contribution in [-0.4, -0.2) is 45.0 Å². The van der Waals surface area contributed by atoms with Gasteiger partial charge in [0.05, 0.1) is 16.1 Å². The van der Waals surface area contributed by atoms with Crippen LogP contribution in [-0.2, 0) is 0 Å². The second-order valence-electron chi connectivity index (χ2n) is 7.06. The maximum absolute atomic E-state index is 13.3. The number of nitrogens with zero attached hydrogens (tertiary/aromatic N) is 3. The van der Waals surface area contributed by atoms with Crippen LogP contribution in [0.15, 0.2) is 72.8 Å². The molecule has 0 unspecified atom stereocenters. The van der Waals surface area contributed by atoms with Gasteiger partial charge in [0, 0.05) is 28.3 Å². The summed E-state index contributed by atoms with van der Waals surface area (Å²) >= 11 is 5.88. The Hall–Kier alpha value is -4.37. The maximum Gasteiger partial charge on any atom is 0.280 e. The quantitative estimate of drug-likeness (QED) is 0.237. The monoisotopic (exact) mass is 463 g/mol. The van der Waals surface area contributed by atoms with E-state index < -0.39 is 35.0 Å². The lowest BCUT2D eigenvalue weighted by atomic mass is 10.1. The highest BCUT2D eigenvalue weighted by Crippen LogP contribution is 2.26. The van der Waals surface area contributed by atoms with Gasteiger partial charge in [-0.2, -0.15) is 5.01 Å². The normalized spacial score (nSPS) is 12.5. The van der Waals surface area contributed by atoms with E-state index in [1.54, 1.807) is 12.1 Å². The molecule has 3 aromatic rings. The van der Waals surface area contributed by atoms with Gasteiger partial charge in [0.2, 0.25) is 0 Å². The Morgan fingerprint density at radius 3 is 1.88 bits per heavy atom. The molecule has 0 saturated heterocycles. The van der Waals surface area contributed by atoms with Gasteiger partial charge in [-0.15, -0.1) is 0 Å². The number of nitro benzene ring substituents is 1. The van der Waals surface area contributed by atoms with Gasteiger partial charge in [-0.05, 0) is 48.5 Å². The molecule has 164 valence electrons. The van der Waals surface area contributed by atoms with Gasteiger partial charge >= 0.3 is 0 Å². The highest BCUT2D eigenvalue weighted by atomic mass is 35.5. The zero-order valence-corrected chi connectivity index (χ0v) is 17.6. The van der Waals surface area contributed by atoms with Gasteiger partial charge < -0.3 is 0 Å². The Labute approximate surface area is 191 Å². The molecular formula is C23H14ClN3O6. The number of benzene rings is 3. The molecule has 0 saturated carbocycles. The molecule has 0 aromatic heterocycles. The van der Waals surface area contributed by atoms with Crippen molar-refractivity contribution in [2.75, 3.05) is 6.54 Å². The standard InChI is InChI=1S/C23H14ClN3O6/c24-16-9-5-15(6-10-16)21(29)25(13-20(28)14-7-11-17(12-8-14)27(32)33)26-22(30)18-3-1-2-4-19(18)23(26)31/h1-12H,13H2. The zero-order valence-electron chi connectivity index (χ0n) is 16.8. The fraction of sp³-hybridized carbons (Fsp3) is 0.0435. The molecule has 0 spiro atoms. The van der Waals surface area contributed by atoms with Crippen molar-refractivity contribution in [3.8, 4) is 0 Å². The third kappa shape index (κ3) is 4.09. The molecule has 4 rings (SSSR count). The van der Waals surface area contributed by atoms with E-state index in [1.807, 2.05) is 0 Å². The van der Waals surface area contributed by atoms with Crippen molar-refractivity contribution in [2.24, 2.45) is 0 Å². The van der Waals surface area contributed by atoms with Crippen LogP contribution in [0, 0.1) is 10.1 Å². The first-order valence-electron chi connectivity index (χ1n) is 9.60. The van der Waals surface area contributed by atoms with Crippen molar-refractivity contribution >= 4 is 40.8 Å². The van der Waals surface area contributed by atoms with Crippen molar-refractivity contribution in [3.05, 3.63) is 110 Å². The Morgan fingerprint density at radius 1 is 0.848 bits per heavy atom. The van der Waals surface area contributed by atoms with Crippen molar-refractivity contribution < 1.29 is 24.1 Å². The smallest absolute Gasteiger partial charge is 0.280 e. The Morgan fingerprint density at radius 2 is 1.36 bits per heavy atom. The van der Waals surface area contributed by atoms with Crippen LogP contribution in [0.5, 0.6) is 0 Å². The minimum atomic E-state index is -0.767. The van der Waals surface area contributed by atoms with Crippen LogP contribution in [0.25, 0.3) is 0 Å². The van der Waals surface area contributed by atoms with Crippen LogP contribution in [0.3, 0.4) is 0 Å². The third-order valence-corrected chi connectivity index (χ3v) is 5.29. The lowest BCUT2D eigenvalue weighted by Crippen LogP contribution is -2.51. The van der Waals surface area contributed by atoms with Crippen LogP contribution < -0.4 is 0 Å². The van der Waals surface area contributed by atoms with E-state index >= 15 is 0 Å². The molecule has 3 amide bonds. The minimum Gasteiger partial charge on any atom is -0.292 e. The number of halogens is 1. The van der Waals surface area contributed by atoms with E-state index in [-0.39, 0.29) is 27.9 Å². The number of ketones is 1. The maximum atomic E-state index is 13.3. The summed E-state index contributed by atoms with van der Waals surface area (Å²) in [7, 11) is 0. The minimum absolute atomic E-state index is 0.0751. The summed E-state index contributed by atoms with van der Waals surface area (Å²) in [4.78, 5) is 62.4. The van der Waals surface area contributed by atoms with Gasteiger partial charge in [0.1, 0.15) is 6.54 Å². The molecule has 1 heterocycles. The Balaban J connectivity index is 1.70. The molecule has 1 aliphatic rings. The van der Waals surface area contributed by atoms with E-state index in [9.17, 15) is 29.3 Å². The topological polar surface area (TPSA) is 118 Å². The van der Waals surface area contributed by atoms with Gasteiger partial charge in [-0.25, -0.2) is 5.01 Å². The number of fused-ring (bicyclic) bond motifs is 1. The fourth-order valence-corrected chi connectivity index (χ4v) is 3.49. The van der Waals surface area contributed by atoms with E-state index in [4.69, 9.17) is 11.6 Å². The summed E-state index contributed by atoms with van der Waals surface area (Å²) in [6.07, 6.45) is 0. The predicted molar refractivity (Wildman–Crippen MR) is 117 cm³/mol. The number of non-ortho nitro benzene ring substituents is 1. The van der Waals surface area contributed by atoms with E-state index in [0.29, 0.717) is 10.0 Å². The molecule has 0 radical (unpaired) electrons. The molecular weight excluding hydrogens is 450 g/mol. The first kappa shape index (κ1) is 21.8.